The second kappa shape index (κ2) is 8.78. The molecule has 1 fully saturated rings. The van der Waals surface area contributed by atoms with Crippen LogP contribution in [-0.4, -0.2) is 59.8 Å². The first-order chi connectivity index (χ1) is 14.1. The van der Waals surface area contributed by atoms with Crippen molar-refractivity contribution >= 4 is 34.4 Å². The van der Waals surface area contributed by atoms with E-state index in [0.717, 1.165) is 54.5 Å². The molecule has 0 radical (unpaired) electrons. The number of rotatable bonds is 6. The minimum Gasteiger partial charge on any atom is -0.497 e. The maximum Gasteiger partial charge on any atom is 0.232 e. The number of fused-ring (bicyclic) bond motifs is 1. The van der Waals surface area contributed by atoms with E-state index in [4.69, 9.17) is 4.74 Å². The summed E-state index contributed by atoms with van der Waals surface area (Å²) in [4.78, 5) is 25.0. The number of nitrogens with zero attached hydrogens (tertiary/aromatic N) is 3. The van der Waals surface area contributed by atoms with Crippen LogP contribution in [0.5, 0.6) is 5.75 Å². The zero-order valence-corrected chi connectivity index (χ0v) is 17.6. The predicted octanol–water partition coefficient (Wildman–Crippen LogP) is 3.71. The number of hydrogen-bond donors (Lipinski definition) is 1. The number of imidazole rings is 1. The van der Waals surface area contributed by atoms with Gasteiger partial charge in [0, 0.05) is 37.9 Å². The summed E-state index contributed by atoms with van der Waals surface area (Å²) in [5, 5.41) is 0.143. The van der Waals surface area contributed by atoms with Crippen molar-refractivity contribution < 1.29 is 9.53 Å². The van der Waals surface area contributed by atoms with E-state index in [1.54, 1.807) is 18.9 Å². The number of amides is 1. The molecule has 0 spiro atoms. The Morgan fingerprint density at radius 2 is 1.97 bits per heavy atom. The van der Waals surface area contributed by atoms with Crippen LogP contribution in [0.2, 0.25) is 0 Å². The summed E-state index contributed by atoms with van der Waals surface area (Å²) in [7, 11) is 1.68. The van der Waals surface area contributed by atoms with E-state index in [0.29, 0.717) is 5.75 Å². The SMILES string of the molecule is COc1cccc(N2CCN(C(=O)CS[C@H](C)c3nc4ccccc4[nH]3)CC2)c1. The molecule has 152 valence electrons. The lowest BCUT2D eigenvalue weighted by atomic mass is 10.2. The van der Waals surface area contributed by atoms with Gasteiger partial charge in [0.15, 0.2) is 0 Å². The number of ether oxygens (including phenoxy) is 1. The molecule has 1 atom stereocenters. The van der Waals surface area contributed by atoms with Crippen LogP contribution in [0.25, 0.3) is 11.0 Å². The lowest BCUT2D eigenvalue weighted by Crippen LogP contribution is -2.49. The van der Waals surface area contributed by atoms with Crippen molar-refractivity contribution in [2.24, 2.45) is 0 Å². The van der Waals surface area contributed by atoms with Crippen LogP contribution in [0.4, 0.5) is 5.69 Å². The predicted molar refractivity (Wildman–Crippen MR) is 119 cm³/mol. The molecule has 4 rings (SSSR count). The van der Waals surface area contributed by atoms with Gasteiger partial charge in [0.2, 0.25) is 5.91 Å². The van der Waals surface area contributed by atoms with Gasteiger partial charge in [-0.15, -0.1) is 11.8 Å². The summed E-state index contributed by atoms with van der Waals surface area (Å²) in [5.41, 5.74) is 3.15. The monoisotopic (exact) mass is 410 g/mol. The Balaban J connectivity index is 1.28. The average molecular weight is 411 g/mol. The highest BCUT2D eigenvalue weighted by Gasteiger charge is 2.22. The third-order valence-corrected chi connectivity index (χ3v) is 6.44. The third-order valence-electron chi connectivity index (χ3n) is 5.30. The van der Waals surface area contributed by atoms with E-state index < -0.39 is 0 Å². The Bertz CT molecular complexity index is 949. The number of aromatic amines is 1. The Morgan fingerprint density at radius 3 is 2.72 bits per heavy atom. The maximum absolute atomic E-state index is 12.7. The first-order valence-corrected chi connectivity index (χ1v) is 10.9. The van der Waals surface area contributed by atoms with E-state index in [1.165, 1.54) is 0 Å². The summed E-state index contributed by atoms with van der Waals surface area (Å²) in [5.74, 6) is 2.45. The van der Waals surface area contributed by atoms with Crippen molar-refractivity contribution in [3.8, 4) is 5.75 Å². The third kappa shape index (κ3) is 4.50. The Hall–Kier alpha value is -2.67. The van der Waals surface area contributed by atoms with Gasteiger partial charge in [0.1, 0.15) is 11.6 Å². The molecule has 0 bridgehead atoms. The second-order valence-corrected chi connectivity index (χ2v) is 8.49. The van der Waals surface area contributed by atoms with E-state index in [-0.39, 0.29) is 11.2 Å². The fourth-order valence-electron chi connectivity index (χ4n) is 3.55. The highest BCUT2D eigenvalue weighted by atomic mass is 32.2. The minimum absolute atomic E-state index is 0.143. The van der Waals surface area contributed by atoms with Crippen LogP contribution in [0.15, 0.2) is 48.5 Å². The molecule has 2 heterocycles. The summed E-state index contributed by atoms with van der Waals surface area (Å²) < 4.78 is 5.31. The number of thioether (sulfide) groups is 1. The first kappa shape index (κ1) is 19.6. The fraction of sp³-hybridized carbons (Fsp3) is 0.364. The molecule has 0 saturated carbocycles. The summed E-state index contributed by atoms with van der Waals surface area (Å²) in [6, 6.07) is 16.1. The summed E-state index contributed by atoms with van der Waals surface area (Å²) >= 11 is 1.63. The Labute approximate surface area is 175 Å². The summed E-state index contributed by atoms with van der Waals surface area (Å²) in [6.07, 6.45) is 0. The van der Waals surface area contributed by atoms with E-state index in [9.17, 15) is 4.79 Å². The lowest BCUT2D eigenvalue weighted by Gasteiger charge is -2.36. The van der Waals surface area contributed by atoms with Crippen LogP contribution in [0, 0.1) is 0 Å². The molecule has 1 amide bonds. The number of carbonyl (C=O) groups is 1. The minimum atomic E-state index is 0.143. The van der Waals surface area contributed by atoms with Gasteiger partial charge in [0.25, 0.3) is 0 Å². The van der Waals surface area contributed by atoms with Crippen molar-refractivity contribution in [3.05, 3.63) is 54.4 Å². The van der Waals surface area contributed by atoms with Crippen molar-refractivity contribution in [2.45, 2.75) is 12.2 Å². The molecule has 6 nitrogen and oxygen atoms in total. The smallest absolute Gasteiger partial charge is 0.232 e. The van der Waals surface area contributed by atoms with Crippen LogP contribution in [0.3, 0.4) is 0 Å². The van der Waals surface area contributed by atoms with Gasteiger partial charge in [-0.3, -0.25) is 4.79 Å². The van der Waals surface area contributed by atoms with Crippen molar-refractivity contribution in [1.29, 1.82) is 0 Å². The van der Waals surface area contributed by atoms with Gasteiger partial charge >= 0.3 is 0 Å². The molecule has 1 saturated heterocycles. The number of methoxy groups -OCH3 is 1. The molecule has 2 aromatic carbocycles. The van der Waals surface area contributed by atoms with Crippen LogP contribution < -0.4 is 9.64 Å². The number of aromatic nitrogens is 2. The van der Waals surface area contributed by atoms with Crippen molar-refractivity contribution in [2.75, 3.05) is 43.9 Å². The van der Waals surface area contributed by atoms with E-state index >= 15 is 0 Å². The zero-order valence-electron chi connectivity index (χ0n) is 16.8. The molecule has 3 aromatic rings. The van der Waals surface area contributed by atoms with Gasteiger partial charge in [-0.1, -0.05) is 18.2 Å². The highest BCUT2D eigenvalue weighted by Crippen LogP contribution is 2.28. The maximum atomic E-state index is 12.7. The molecular formula is C22H26N4O2S. The first-order valence-electron chi connectivity index (χ1n) is 9.87. The quantitative estimate of drug-likeness (QED) is 0.671. The number of carbonyl (C=O) groups excluding carboxylic acids is 1. The molecule has 7 heteroatoms. The Kier molecular flexibility index (Phi) is 5.94. The normalized spacial score (nSPS) is 15.5. The molecule has 1 aromatic heterocycles. The van der Waals surface area contributed by atoms with Crippen LogP contribution >= 0.6 is 11.8 Å². The number of benzene rings is 2. The number of para-hydroxylation sites is 2. The van der Waals surface area contributed by atoms with E-state index in [1.807, 2.05) is 47.4 Å². The van der Waals surface area contributed by atoms with E-state index in [2.05, 4.69) is 27.9 Å². The van der Waals surface area contributed by atoms with Gasteiger partial charge in [-0.2, -0.15) is 0 Å². The number of H-pyrrole nitrogens is 1. The molecule has 1 aliphatic rings. The second-order valence-electron chi connectivity index (χ2n) is 7.16. The number of piperazine rings is 1. The van der Waals surface area contributed by atoms with Crippen molar-refractivity contribution in [3.63, 3.8) is 0 Å². The molecule has 0 unspecified atom stereocenters. The van der Waals surface area contributed by atoms with Gasteiger partial charge in [-0.25, -0.2) is 4.98 Å². The molecule has 1 aliphatic heterocycles. The highest BCUT2D eigenvalue weighted by molar-refractivity contribution is 8.00. The fourth-order valence-corrected chi connectivity index (χ4v) is 4.40. The van der Waals surface area contributed by atoms with Gasteiger partial charge in [-0.05, 0) is 31.2 Å². The topological polar surface area (TPSA) is 61.5 Å². The number of hydrogen-bond acceptors (Lipinski definition) is 5. The molecule has 1 N–H and O–H groups in total. The zero-order chi connectivity index (χ0) is 20.2. The molecular weight excluding hydrogens is 384 g/mol. The van der Waals surface area contributed by atoms with Gasteiger partial charge in [0.05, 0.1) is 29.1 Å². The Morgan fingerprint density at radius 1 is 1.17 bits per heavy atom. The molecule has 0 aliphatic carbocycles. The average Bonchev–Trinajstić information content (AvgIpc) is 3.22. The van der Waals surface area contributed by atoms with Gasteiger partial charge < -0.3 is 19.5 Å². The number of nitrogens with one attached hydrogen (secondary N) is 1. The van der Waals surface area contributed by atoms with Crippen LogP contribution in [0.1, 0.15) is 18.0 Å². The number of anilines is 1. The standard InChI is InChI=1S/C22H26N4O2S/c1-16(22-23-19-8-3-4-9-20(19)24-22)29-15-21(27)26-12-10-25(11-13-26)17-6-5-7-18(14-17)28-2/h3-9,14,16H,10-13,15H2,1-2H3,(H,23,24)/t16-/m1/s1. The largest absolute Gasteiger partial charge is 0.497 e. The van der Waals surface area contributed by atoms with Crippen molar-refractivity contribution in [1.82, 2.24) is 14.9 Å². The molecule has 29 heavy (non-hydrogen) atoms. The van der Waals surface area contributed by atoms with Crippen LogP contribution in [-0.2, 0) is 4.79 Å². The lowest BCUT2D eigenvalue weighted by molar-refractivity contribution is -0.128. The summed E-state index contributed by atoms with van der Waals surface area (Å²) in [6.45, 7) is 5.26.